The lowest BCUT2D eigenvalue weighted by molar-refractivity contribution is 0.354. The zero-order chi connectivity index (χ0) is 14.7. The summed E-state index contributed by atoms with van der Waals surface area (Å²) in [6.45, 7) is 0. The van der Waals surface area contributed by atoms with Gasteiger partial charge in [0.25, 0.3) is 0 Å². The second-order valence-electron chi connectivity index (χ2n) is 4.23. The van der Waals surface area contributed by atoms with E-state index in [1.807, 2.05) is 36.4 Å². The van der Waals surface area contributed by atoms with E-state index in [0.717, 1.165) is 15.6 Å². The molecule has 0 aliphatic carbocycles. The zero-order valence-corrected chi connectivity index (χ0v) is 13.5. The second-order valence-corrected chi connectivity index (χ2v) is 5.49. The maximum Gasteiger partial charge on any atom is 0.161 e. The summed E-state index contributed by atoms with van der Waals surface area (Å²) in [5, 5.41) is 0.640. The summed E-state index contributed by atoms with van der Waals surface area (Å²) in [7, 11) is 3.19. The van der Waals surface area contributed by atoms with Crippen LogP contribution in [0.4, 0.5) is 0 Å². The minimum atomic E-state index is -0.349. The third-order valence-electron chi connectivity index (χ3n) is 3.08. The summed E-state index contributed by atoms with van der Waals surface area (Å²) in [5.74, 6) is 1.28. The number of halogens is 2. The highest BCUT2D eigenvalue weighted by Gasteiger charge is 2.18. The van der Waals surface area contributed by atoms with E-state index in [9.17, 15) is 0 Å². The highest BCUT2D eigenvalue weighted by molar-refractivity contribution is 9.10. The predicted octanol–water partition coefficient (Wildman–Crippen LogP) is 4.17. The second kappa shape index (κ2) is 6.48. The van der Waals surface area contributed by atoms with Crippen LogP contribution in [0.1, 0.15) is 17.2 Å². The molecule has 0 fully saturated rings. The monoisotopic (exact) mass is 355 g/mol. The summed E-state index contributed by atoms with van der Waals surface area (Å²) in [6, 6.07) is 10.9. The van der Waals surface area contributed by atoms with Gasteiger partial charge in [-0.15, -0.1) is 0 Å². The molecule has 0 aromatic heterocycles. The Bertz CT molecular complexity index is 619. The fourth-order valence-corrected chi connectivity index (χ4v) is 2.83. The smallest absolute Gasteiger partial charge is 0.161 e. The summed E-state index contributed by atoms with van der Waals surface area (Å²) in [6.07, 6.45) is 0. The molecular formula is C15H15BrClNO2. The summed E-state index contributed by atoms with van der Waals surface area (Å²) in [4.78, 5) is 0. The Morgan fingerprint density at radius 1 is 1.05 bits per heavy atom. The molecule has 2 rings (SSSR count). The van der Waals surface area contributed by atoms with Crippen molar-refractivity contribution in [3.05, 3.63) is 57.0 Å². The van der Waals surface area contributed by atoms with Crippen molar-refractivity contribution in [1.82, 2.24) is 0 Å². The molecule has 1 atom stereocenters. The molecule has 0 radical (unpaired) electrons. The topological polar surface area (TPSA) is 44.5 Å². The molecule has 0 aliphatic heterocycles. The molecule has 0 aliphatic rings. The van der Waals surface area contributed by atoms with E-state index in [1.165, 1.54) is 0 Å². The van der Waals surface area contributed by atoms with Crippen molar-refractivity contribution < 1.29 is 9.47 Å². The van der Waals surface area contributed by atoms with Crippen molar-refractivity contribution in [3.8, 4) is 11.5 Å². The minimum absolute atomic E-state index is 0.349. The Labute approximate surface area is 131 Å². The number of rotatable bonds is 4. The van der Waals surface area contributed by atoms with Crippen LogP contribution < -0.4 is 15.2 Å². The molecule has 0 saturated heterocycles. The highest BCUT2D eigenvalue weighted by Crippen LogP contribution is 2.38. The molecule has 2 aromatic rings. The van der Waals surface area contributed by atoms with E-state index < -0.39 is 0 Å². The van der Waals surface area contributed by atoms with Crippen molar-refractivity contribution in [2.45, 2.75) is 6.04 Å². The van der Waals surface area contributed by atoms with Crippen LogP contribution in [-0.2, 0) is 0 Å². The number of nitrogens with two attached hydrogens (primary N) is 1. The first kappa shape index (κ1) is 15.2. The van der Waals surface area contributed by atoms with Crippen molar-refractivity contribution >= 4 is 27.5 Å². The van der Waals surface area contributed by atoms with E-state index in [2.05, 4.69) is 15.9 Å². The van der Waals surface area contributed by atoms with Gasteiger partial charge in [-0.05, 0) is 29.3 Å². The van der Waals surface area contributed by atoms with Gasteiger partial charge in [-0.1, -0.05) is 45.7 Å². The number of hydrogen-bond acceptors (Lipinski definition) is 3. The molecule has 1 unspecified atom stereocenters. The van der Waals surface area contributed by atoms with Crippen molar-refractivity contribution in [2.75, 3.05) is 14.2 Å². The number of ether oxygens (including phenoxy) is 2. The van der Waals surface area contributed by atoms with Crippen LogP contribution in [0.25, 0.3) is 0 Å². The Morgan fingerprint density at radius 3 is 2.25 bits per heavy atom. The van der Waals surface area contributed by atoms with Crippen LogP contribution in [0.5, 0.6) is 11.5 Å². The van der Waals surface area contributed by atoms with Gasteiger partial charge in [0.1, 0.15) is 0 Å². The lowest BCUT2D eigenvalue weighted by Gasteiger charge is -2.18. The van der Waals surface area contributed by atoms with E-state index >= 15 is 0 Å². The van der Waals surface area contributed by atoms with Gasteiger partial charge >= 0.3 is 0 Å². The average Bonchev–Trinajstić information content (AvgIpc) is 2.46. The normalized spacial score (nSPS) is 12.1. The van der Waals surface area contributed by atoms with Crippen LogP contribution >= 0.6 is 27.5 Å². The fourth-order valence-electron chi connectivity index (χ4n) is 2.00. The standard InChI is InChI=1S/C15H15BrClNO2/c1-19-13-7-10(11(16)8-14(13)20-2)15(18)9-5-3-4-6-12(9)17/h3-8,15H,18H2,1-2H3. The molecule has 20 heavy (non-hydrogen) atoms. The van der Waals surface area contributed by atoms with Crippen LogP contribution in [0.15, 0.2) is 40.9 Å². The molecule has 0 amide bonds. The van der Waals surface area contributed by atoms with Gasteiger partial charge in [0.2, 0.25) is 0 Å². The van der Waals surface area contributed by atoms with Crippen molar-refractivity contribution in [2.24, 2.45) is 5.73 Å². The Morgan fingerprint density at radius 2 is 1.65 bits per heavy atom. The molecular weight excluding hydrogens is 342 g/mol. The SMILES string of the molecule is COc1cc(Br)c(C(N)c2ccccc2Cl)cc1OC. The molecule has 0 spiro atoms. The maximum atomic E-state index is 6.32. The third-order valence-corrected chi connectivity index (χ3v) is 4.11. The Hall–Kier alpha value is -1.23. The first-order valence-electron chi connectivity index (χ1n) is 6.00. The van der Waals surface area contributed by atoms with E-state index in [-0.39, 0.29) is 6.04 Å². The summed E-state index contributed by atoms with van der Waals surface area (Å²) in [5.41, 5.74) is 8.07. The fraction of sp³-hybridized carbons (Fsp3) is 0.200. The van der Waals surface area contributed by atoms with Gasteiger partial charge in [-0.2, -0.15) is 0 Å². The van der Waals surface area contributed by atoms with E-state index in [4.69, 9.17) is 26.8 Å². The van der Waals surface area contributed by atoms with Crippen LogP contribution in [0.3, 0.4) is 0 Å². The van der Waals surface area contributed by atoms with E-state index in [1.54, 1.807) is 14.2 Å². The minimum Gasteiger partial charge on any atom is -0.493 e. The van der Waals surface area contributed by atoms with Gasteiger partial charge in [-0.25, -0.2) is 0 Å². The molecule has 0 bridgehead atoms. The van der Waals surface area contributed by atoms with E-state index in [0.29, 0.717) is 16.5 Å². The molecule has 106 valence electrons. The molecule has 0 heterocycles. The summed E-state index contributed by atoms with van der Waals surface area (Å²) < 4.78 is 11.4. The lowest BCUT2D eigenvalue weighted by atomic mass is 9.99. The molecule has 2 aromatic carbocycles. The number of hydrogen-bond donors (Lipinski definition) is 1. The van der Waals surface area contributed by atoms with Crippen LogP contribution in [0, 0.1) is 0 Å². The van der Waals surface area contributed by atoms with Gasteiger partial charge < -0.3 is 15.2 Å². The first-order valence-corrected chi connectivity index (χ1v) is 7.17. The zero-order valence-electron chi connectivity index (χ0n) is 11.2. The van der Waals surface area contributed by atoms with Crippen LogP contribution in [-0.4, -0.2) is 14.2 Å². The number of benzene rings is 2. The predicted molar refractivity (Wildman–Crippen MR) is 84.7 cm³/mol. The average molecular weight is 357 g/mol. The Balaban J connectivity index is 2.50. The third kappa shape index (κ3) is 2.92. The molecule has 0 saturated carbocycles. The van der Waals surface area contributed by atoms with Gasteiger partial charge in [0.15, 0.2) is 11.5 Å². The Kier molecular flexibility index (Phi) is 4.91. The van der Waals surface area contributed by atoms with Crippen molar-refractivity contribution in [1.29, 1.82) is 0 Å². The molecule has 5 heteroatoms. The quantitative estimate of drug-likeness (QED) is 0.894. The highest BCUT2D eigenvalue weighted by atomic mass is 79.9. The summed E-state index contributed by atoms with van der Waals surface area (Å²) >= 11 is 9.72. The van der Waals surface area contributed by atoms with Gasteiger partial charge in [-0.3, -0.25) is 0 Å². The first-order chi connectivity index (χ1) is 9.58. The van der Waals surface area contributed by atoms with Gasteiger partial charge in [0, 0.05) is 9.50 Å². The molecule has 2 N–H and O–H groups in total. The number of methoxy groups -OCH3 is 2. The molecule has 3 nitrogen and oxygen atoms in total. The van der Waals surface area contributed by atoms with Crippen LogP contribution in [0.2, 0.25) is 5.02 Å². The van der Waals surface area contributed by atoms with Crippen molar-refractivity contribution in [3.63, 3.8) is 0 Å². The maximum absolute atomic E-state index is 6.32. The lowest BCUT2D eigenvalue weighted by Crippen LogP contribution is -2.13. The van der Waals surface area contributed by atoms with Gasteiger partial charge in [0.05, 0.1) is 20.3 Å². The largest absolute Gasteiger partial charge is 0.493 e.